The highest BCUT2D eigenvalue weighted by Gasteiger charge is 2.43. The zero-order valence-corrected chi connectivity index (χ0v) is 52.8. The number of ether oxygens (including phenoxy) is 4. The molecular formula is C61H95N9O17. The first-order valence-corrected chi connectivity index (χ1v) is 29.8. The van der Waals surface area contributed by atoms with Gasteiger partial charge in [-0.1, -0.05) is 91.3 Å². The maximum Gasteiger partial charge on any atom is 0.407 e. The van der Waals surface area contributed by atoms with Crippen LogP contribution in [0.15, 0.2) is 66.0 Å². The van der Waals surface area contributed by atoms with Gasteiger partial charge < -0.3 is 81.7 Å². The van der Waals surface area contributed by atoms with E-state index in [0.717, 1.165) is 17.1 Å². The van der Waals surface area contributed by atoms with Gasteiger partial charge in [-0.2, -0.15) is 0 Å². The van der Waals surface area contributed by atoms with Crippen LogP contribution in [0.5, 0.6) is 0 Å². The molecule has 1 aliphatic carbocycles. The maximum absolute atomic E-state index is 15.4. The number of benzene rings is 1. The Kier molecular flexibility index (Phi) is 29.5. The molecule has 11 N–H and O–H groups in total. The van der Waals surface area contributed by atoms with Crippen molar-refractivity contribution in [2.75, 3.05) is 39.8 Å². The second-order valence-electron chi connectivity index (χ2n) is 23.2. The molecule has 5 rings (SSSR count). The molecule has 0 saturated carbocycles. The van der Waals surface area contributed by atoms with Gasteiger partial charge in [0.2, 0.25) is 41.4 Å². The lowest BCUT2D eigenvalue weighted by Crippen LogP contribution is -2.62. The third-order valence-corrected chi connectivity index (χ3v) is 14.8. The summed E-state index contributed by atoms with van der Waals surface area (Å²) in [5.74, 6) is -11.1. The van der Waals surface area contributed by atoms with Crippen molar-refractivity contribution in [3.8, 4) is 0 Å². The first kappa shape index (κ1) is 73.8. The van der Waals surface area contributed by atoms with E-state index in [2.05, 4.69) is 42.5 Å². The number of hydrogen-bond acceptors (Lipinski definition) is 18. The molecule has 486 valence electrons. The molecule has 0 aromatic heterocycles. The van der Waals surface area contributed by atoms with Gasteiger partial charge in [0.1, 0.15) is 66.8 Å². The van der Waals surface area contributed by atoms with E-state index < -0.39 is 162 Å². The second-order valence-corrected chi connectivity index (χ2v) is 23.2. The van der Waals surface area contributed by atoms with E-state index in [4.69, 9.17) is 18.9 Å². The number of fused-ring (bicyclic) bond motifs is 11. The molecule has 4 bridgehead atoms. The van der Waals surface area contributed by atoms with Crippen LogP contribution in [0.1, 0.15) is 121 Å². The number of nitrogens with one attached hydrogen (secondary N) is 8. The Morgan fingerprint density at radius 2 is 1.48 bits per heavy atom. The zero-order valence-electron chi connectivity index (χ0n) is 52.8. The quantitative estimate of drug-likeness (QED) is 0.0663. The normalized spacial score (nSPS) is 26.9. The fourth-order valence-electron chi connectivity index (χ4n) is 9.23. The molecule has 3 heterocycles. The predicted molar refractivity (Wildman–Crippen MR) is 320 cm³/mol. The van der Waals surface area contributed by atoms with E-state index in [9.17, 15) is 53.7 Å². The van der Waals surface area contributed by atoms with Gasteiger partial charge in [0.15, 0.2) is 6.04 Å². The number of cyclic esters (lactones) is 1. The van der Waals surface area contributed by atoms with Gasteiger partial charge in [-0.25, -0.2) is 9.59 Å². The molecule has 26 heteroatoms. The number of likely N-dealkylation sites (N-methyl/N-ethyl adjacent to an activating group) is 1. The van der Waals surface area contributed by atoms with Crippen LogP contribution in [-0.4, -0.2) is 191 Å². The number of rotatable bonds is 15. The highest BCUT2D eigenvalue weighted by atomic mass is 16.6. The molecule has 1 fully saturated rings. The molecule has 8 amide bonds. The van der Waals surface area contributed by atoms with Crippen molar-refractivity contribution in [1.29, 1.82) is 0 Å². The lowest BCUT2D eigenvalue weighted by molar-refractivity contribution is -0.160. The van der Waals surface area contributed by atoms with Crippen LogP contribution in [0.25, 0.3) is 0 Å². The Morgan fingerprint density at radius 1 is 0.839 bits per heavy atom. The van der Waals surface area contributed by atoms with Crippen LogP contribution >= 0.6 is 0 Å². The standard InChI is InChI=1S/C59H89N9O17.C2H6/c1-13-33(4)45-52(75)67-48-39-20-22-40(23-21-39)84-37(8)59(81,31-60-26-17-27-61-57(80)85-58(9,10)11)25-24-43(70)62-29-44(71)82-30-41(56(79)83-36(7)47(54(77)64-45)66-50(73)34(5)49(72)32(2)3)63-53(76)46(35(6)69)65-51(74)42(68(12)55(48)78)28-38-18-15-14-16-19-38;1-2/h14-16,18-20,22,24-25,32-37,41-42,45-49,60,69,72,81H,13,17,21,23,26-31H2,1-12H3,(H,61,80)(H,62,70)(H,63,76)(H,64,77)(H,65,74)(H,66,73)(H,67,75);1-2H3/b25-24+;/t33-,34+,35+,36+,37+,41-,42-,45+,46+,47-,48-,49+,59-;/m0./s1. The number of aliphatic hydroxyl groups is 3. The minimum Gasteiger partial charge on any atom is -0.492 e. The Hall–Kier alpha value is -7.42. The van der Waals surface area contributed by atoms with Crippen LogP contribution in [0.2, 0.25) is 0 Å². The molecule has 87 heavy (non-hydrogen) atoms. The van der Waals surface area contributed by atoms with Crippen molar-refractivity contribution in [3.63, 3.8) is 0 Å². The fourth-order valence-corrected chi connectivity index (χ4v) is 9.23. The van der Waals surface area contributed by atoms with Gasteiger partial charge in [-0.3, -0.25) is 38.4 Å². The van der Waals surface area contributed by atoms with Gasteiger partial charge in [-0.05, 0) is 96.1 Å². The summed E-state index contributed by atoms with van der Waals surface area (Å²) in [5.41, 5.74) is -1.79. The van der Waals surface area contributed by atoms with Crippen LogP contribution in [0.3, 0.4) is 0 Å². The highest BCUT2D eigenvalue weighted by molar-refractivity contribution is 5.99. The first-order valence-electron chi connectivity index (χ1n) is 29.8. The van der Waals surface area contributed by atoms with E-state index in [1.165, 1.54) is 40.0 Å². The molecule has 0 unspecified atom stereocenters. The third-order valence-electron chi connectivity index (χ3n) is 14.8. The minimum atomic E-state index is -2.00. The van der Waals surface area contributed by atoms with Gasteiger partial charge in [0.05, 0.1) is 23.9 Å². The summed E-state index contributed by atoms with van der Waals surface area (Å²) in [4.78, 5) is 143. The molecule has 0 radical (unpaired) electrons. The topological polar surface area (TPSA) is 368 Å². The molecule has 3 aliphatic heterocycles. The lowest BCUT2D eigenvalue weighted by Gasteiger charge is -2.35. The van der Waals surface area contributed by atoms with Gasteiger partial charge in [0.25, 0.3) is 0 Å². The van der Waals surface area contributed by atoms with E-state index >= 15 is 9.59 Å². The molecular weight excluding hydrogens is 1130 g/mol. The van der Waals surface area contributed by atoms with Crippen molar-refractivity contribution < 1.29 is 82.2 Å². The summed E-state index contributed by atoms with van der Waals surface area (Å²) >= 11 is 0. The minimum absolute atomic E-state index is 0.0253. The summed E-state index contributed by atoms with van der Waals surface area (Å²) in [7, 11) is 1.32. The number of carbonyl (C=O) groups excluding carboxylic acids is 10. The average Bonchev–Trinajstić information content (AvgIpc) is 2.09. The second kappa shape index (κ2) is 34.8. The number of aliphatic hydroxyl groups excluding tert-OH is 2. The predicted octanol–water partition coefficient (Wildman–Crippen LogP) is 1.01. The summed E-state index contributed by atoms with van der Waals surface area (Å²) in [6.45, 7) is 19.7. The molecule has 4 aliphatic rings. The number of hydrogen-bond donors (Lipinski definition) is 11. The van der Waals surface area contributed by atoms with E-state index in [-0.39, 0.29) is 45.3 Å². The van der Waals surface area contributed by atoms with Crippen LogP contribution < -0.4 is 42.5 Å². The monoisotopic (exact) mass is 1230 g/mol. The average molecular weight is 1230 g/mol. The Balaban J connectivity index is 0.00000979. The smallest absolute Gasteiger partial charge is 0.407 e. The van der Waals surface area contributed by atoms with E-state index in [1.54, 1.807) is 85.7 Å². The van der Waals surface area contributed by atoms with Crippen LogP contribution in [-0.2, 0) is 68.5 Å². The van der Waals surface area contributed by atoms with Gasteiger partial charge in [0, 0.05) is 39.1 Å². The Labute approximate surface area is 510 Å². The summed E-state index contributed by atoms with van der Waals surface area (Å²) in [6, 6.07) is -1.65. The number of amides is 8. The van der Waals surface area contributed by atoms with E-state index in [0.29, 0.717) is 23.3 Å². The van der Waals surface area contributed by atoms with Crippen molar-refractivity contribution in [1.82, 2.24) is 47.4 Å². The molecule has 13 atom stereocenters. The molecule has 1 aromatic rings. The number of nitrogens with zero attached hydrogens (tertiary/aromatic N) is 1. The number of esters is 2. The molecule has 1 aromatic carbocycles. The number of alkyl carbamates (subject to hydrolysis) is 1. The summed E-state index contributed by atoms with van der Waals surface area (Å²) < 4.78 is 22.8. The summed E-state index contributed by atoms with van der Waals surface area (Å²) in [6.07, 6.45) is -0.509. The zero-order chi connectivity index (χ0) is 65.5. The number of carbonyl (C=O) groups is 10. The first-order chi connectivity index (χ1) is 40.9. The maximum atomic E-state index is 15.4. The van der Waals surface area contributed by atoms with Crippen molar-refractivity contribution >= 4 is 59.4 Å². The largest absolute Gasteiger partial charge is 0.492 e. The lowest BCUT2D eigenvalue weighted by atomic mass is 9.92. The molecule has 26 nitrogen and oxygen atoms in total. The fraction of sp³-hybridized carbons (Fsp3) is 0.639. The Bertz CT molecular complexity index is 2620. The Morgan fingerprint density at radius 3 is 2.08 bits per heavy atom. The van der Waals surface area contributed by atoms with E-state index in [1.807, 2.05) is 13.8 Å². The van der Waals surface area contributed by atoms with Gasteiger partial charge in [-0.15, -0.1) is 0 Å². The summed E-state index contributed by atoms with van der Waals surface area (Å²) in [5, 5.41) is 55.2. The SMILES string of the molecule is CC.CC[C@H](C)[C@H]1NC(=O)[C@@H](NC(=O)[C@H](C)[C@H](O)C(C)C)[C@@H](C)OC(=O)[C@@H]2COC(=O)CNC(=O)/C=C/[C@](O)(CNCCCNC(=O)OC(C)(C)C)[C@@H](C)OC3=CC=C(CC3)[C@H](NC1=O)C(=O)N(C)[C@@H](Cc1ccccc1)C(=O)N[C@H]([C@@H](C)O)C(=O)N2. The highest BCUT2D eigenvalue weighted by Crippen LogP contribution is 2.28. The third kappa shape index (κ3) is 23.0. The van der Waals surface area contributed by atoms with Crippen LogP contribution in [0, 0.1) is 17.8 Å². The number of allylic oxidation sites excluding steroid dienone is 3. The molecule has 0 spiro atoms. The van der Waals surface area contributed by atoms with Crippen molar-refractivity contribution in [2.45, 2.75) is 194 Å². The van der Waals surface area contributed by atoms with Crippen molar-refractivity contribution in [3.05, 3.63) is 71.5 Å². The van der Waals surface area contributed by atoms with Crippen molar-refractivity contribution in [2.24, 2.45) is 17.8 Å². The molecule has 1 saturated heterocycles. The van der Waals surface area contributed by atoms with Crippen LogP contribution in [0.4, 0.5) is 4.79 Å². The van der Waals surface area contributed by atoms with Gasteiger partial charge >= 0.3 is 18.0 Å².